The number of piperidine rings is 1. The van der Waals surface area contributed by atoms with Crippen LogP contribution in [0.1, 0.15) is 38.7 Å². The van der Waals surface area contributed by atoms with E-state index in [1.165, 1.54) is 6.07 Å². The Hall–Kier alpha value is -1.62. The molecule has 1 aliphatic rings. The van der Waals surface area contributed by atoms with Gasteiger partial charge in [0.15, 0.2) is 0 Å². The van der Waals surface area contributed by atoms with E-state index in [2.05, 4.69) is 0 Å². The Balaban J connectivity index is 2.13. The maximum absolute atomic E-state index is 13.9. The highest BCUT2D eigenvalue weighted by molar-refractivity contribution is 5.68. The molecule has 0 bridgehead atoms. The highest BCUT2D eigenvalue weighted by Gasteiger charge is 2.32. The lowest BCUT2D eigenvalue weighted by molar-refractivity contribution is 0.0179. The topological polar surface area (TPSA) is 55.6 Å². The van der Waals surface area contributed by atoms with Gasteiger partial charge in [0.25, 0.3) is 0 Å². The van der Waals surface area contributed by atoms with Crippen LogP contribution < -0.4 is 5.73 Å². The fourth-order valence-electron chi connectivity index (χ4n) is 2.65. The summed E-state index contributed by atoms with van der Waals surface area (Å²) in [6.07, 6.45) is 0.277. The molecule has 1 aromatic rings. The molecule has 116 valence electrons. The Kier molecular flexibility index (Phi) is 4.52. The van der Waals surface area contributed by atoms with Gasteiger partial charge in [-0.15, -0.1) is 0 Å². The summed E-state index contributed by atoms with van der Waals surface area (Å²) < 4.78 is 19.3. The smallest absolute Gasteiger partial charge is 0.410 e. The molecular weight excluding hydrogens is 271 g/mol. The van der Waals surface area contributed by atoms with Crippen molar-refractivity contribution in [1.29, 1.82) is 0 Å². The zero-order chi connectivity index (χ0) is 15.6. The maximum Gasteiger partial charge on any atom is 0.410 e. The van der Waals surface area contributed by atoms with Crippen molar-refractivity contribution in [2.24, 2.45) is 5.73 Å². The Morgan fingerprint density at radius 2 is 2.00 bits per heavy atom. The minimum atomic E-state index is -0.549. The normalized spacial score (nSPS) is 23.0. The molecule has 0 unspecified atom stereocenters. The van der Waals surface area contributed by atoms with Crippen LogP contribution >= 0.6 is 0 Å². The van der Waals surface area contributed by atoms with Crippen LogP contribution in [-0.2, 0) is 4.74 Å². The molecule has 0 aromatic heterocycles. The molecule has 4 nitrogen and oxygen atoms in total. The predicted molar refractivity (Wildman–Crippen MR) is 79.5 cm³/mol. The van der Waals surface area contributed by atoms with Crippen LogP contribution in [0.2, 0.25) is 0 Å². The van der Waals surface area contributed by atoms with Crippen LogP contribution in [0.15, 0.2) is 24.3 Å². The van der Waals surface area contributed by atoms with Crippen molar-refractivity contribution < 1.29 is 13.9 Å². The number of benzene rings is 1. The number of hydrogen-bond acceptors (Lipinski definition) is 3. The number of rotatable bonds is 1. The van der Waals surface area contributed by atoms with E-state index in [0.29, 0.717) is 25.1 Å². The van der Waals surface area contributed by atoms with Gasteiger partial charge in [0.1, 0.15) is 11.4 Å². The summed E-state index contributed by atoms with van der Waals surface area (Å²) in [4.78, 5) is 13.8. The highest BCUT2D eigenvalue weighted by atomic mass is 19.1. The first-order valence-corrected chi connectivity index (χ1v) is 7.24. The minimum Gasteiger partial charge on any atom is -0.444 e. The zero-order valence-electron chi connectivity index (χ0n) is 12.8. The Morgan fingerprint density at radius 1 is 1.33 bits per heavy atom. The lowest BCUT2D eigenvalue weighted by atomic mass is 9.88. The van der Waals surface area contributed by atoms with Gasteiger partial charge in [-0.3, -0.25) is 0 Å². The molecule has 0 radical (unpaired) electrons. The summed E-state index contributed by atoms with van der Waals surface area (Å²) >= 11 is 0. The van der Waals surface area contributed by atoms with Crippen LogP contribution in [0, 0.1) is 5.82 Å². The number of amides is 1. The van der Waals surface area contributed by atoms with Crippen molar-refractivity contribution in [3.8, 4) is 0 Å². The predicted octanol–water partition coefficient (Wildman–Crippen LogP) is 2.88. The number of halogens is 1. The molecule has 21 heavy (non-hydrogen) atoms. The van der Waals surface area contributed by atoms with Crippen LogP contribution in [0.25, 0.3) is 0 Å². The van der Waals surface area contributed by atoms with Gasteiger partial charge in [-0.25, -0.2) is 9.18 Å². The lowest BCUT2D eigenvalue weighted by Gasteiger charge is -2.37. The van der Waals surface area contributed by atoms with E-state index >= 15 is 0 Å². The fraction of sp³-hybridized carbons (Fsp3) is 0.562. The van der Waals surface area contributed by atoms with Crippen molar-refractivity contribution in [3.63, 3.8) is 0 Å². The first-order chi connectivity index (χ1) is 9.76. The van der Waals surface area contributed by atoms with Crippen molar-refractivity contribution in [2.45, 2.75) is 44.8 Å². The van der Waals surface area contributed by atoms with Gasteiger partial charge in [0.05, 0.1) is 0 Å². The first kappa shape index (κ1) is 15.8. The third-order valence-corrected chi connectivity index (χ3v) is 3.48. The number of likely N-dealkylation sites (tertiary alicyclic amines) is 1. The molecule has 1 saturated heterocycles. The van der Waals surface area contributed by atoms with Crippen LogP contribution in [0.5, 0.6) is 0 Å². The molecule has 0 spiro atoms. The molecular formula is C16H23FN2O2. The summed E-state index contributed by atoms with van der Waals surface area (Å²) in [6.45, 7) is 6.35. The van der Waals surface area contributed by atoms with Crippen molar-refractivity contribution in [2.75, 3.05) is 13.1 Å². The average Bonchev–Trinajstić information content (AvgIpc) is 2.36. The number of nitrogens with two attached hydrogens (primary N) is 1. The third kappa shape index (κ3) is 4.17. The molecule has 1 aliphatic heterocycles. The Labute approximate surface area is 125 Å². The first-order valence-electron chi connectivity index (χ1n) is 7.24. The monoisotopic (exact) mass is 294 g/mol. The summed E-state index contributed by atoms with van der Waals surface area (Å²) in [5, 5.41) is 0. The van der Waals surface area contributed by atoms with Gasteiger partial charge >= 0.3 is 6.09 Å². The minimum absolute atomic E-state index is 0.0949. The highest BCUT2D eigenvalue weighted by Crippen LogP contribution is 2.29. The van der Waals surface area contributed by atoms with Crippen molar-refractivity contribution >= 4 is 6.09 Å². The summed E-state index contributed by atoms with van der Waals surface area (Å²) in [5.74, 6) is -0.344. The maximum atomic E-state index is 13.9. The number of hydrogen-bond donors (Lipinski definition) is 1. The average molecular weight is 294 g/mol. The molecule has 2 rings (SSSR count). The molecule has 1 fully saturated rings. The molecule has 0 saturated carbocycles. The molecule has 5 heteroatoms. The molecule has 1 amide bonds. The molecule has 0 aliphatic carbocycles. The summed E-state index contributed by atoms with van der Waals surface area (Å²) in [6, 6.07) is 6.48. The van der Waals surface area contributed by atoms with E-state index in [1.54, 1.807) is 23.1 Å². The second-order valence-corrected chi connectivity index (χ2v) is 6.60. The van der Waals surface area contributed by atoms with E-state index in [0.717, 1.165) is 0 Å². The Bertz CT molecular complexity index is 513. The van der Waals surface area contributed by atoms with Crippen molar-refractivity contribution in [3.05, 3.63) is 35.6 Å². The van der Waals surface area contributed by atoms with Gasteiger partial charge in [0, 0.05) is 25.0 Å². The molecule has 2 N–H and O–H groups in total. The third-order valence-electron chi connectivity index (χ3n) is 3.48. The summed E-state index contributed by atoms with van der Waals surface area (Å²) in [7, 11) is 0. The van der Waals surface area contributed by atoms with Gasteiger partial charge in [-0.05, 0) is 38.8 Å². The van der Waals surface area contributed by atoms with Gasteiger partial charge < -0.3 is 15.4 Å². The Morgan fingerprint density at radius 3 is 2.62 bits per heavy atom. The van der Waals surface area contributed by atoms with E-state index in [4.69, 9.17) is 10.5 Å². The van der Waals surface area contributed by atoms with Crippen LogP contribution in [0.4, 0.5) is 9.18 Å². The van der Waals surface area contributed by atoms with E-state index in [9.17, 15) is 9.18 Å². The fourth-order valence-corrected chi connectivity index (χ4v) is 2.65. The second-order valence-electron chi connectivity index (χ2n) is 6.60. The number of carbonyl (C=O) groups is 1. The van der Waals surface area contributed by atoms with Gasteiger partial charge in [0.2, 0.25) is 0 Å². The largest absolute Gasteiger partial charge is 0.444 e. The molecule has 1 heterocycles. The number of carbonyl (C=O) groups excluding carboxylic acids is 1. The van der Waals surface area contributed by atoms with Crippen LogP contribution in [-0.4, -0.2) is 35.7 Å². The lowest BCUT2D eigenvalue weighted by Crippen LogP contribution is -2.50. The zero-order valence-corrected chi connectivity index (χ0v) is 12.8. The summed E-state index contributed by atoms with van der Waals surface area (Å²) in [5.41, 5.74) is 6.10. The van der Waals surface area contributed by atoms with Crippen molar-refractivity contribution in [1.82, 2.24) is 4.90 Å². The molecule has 2 atom stereocenters. The number of nitrogens with zero attached hydrogens (tertiary/aromatic N) is 1. The SMILES string of the molecule is CC(C)(C)OC(=O)N1C[C@H](N)C[C@H](c2ccccc2F)C1. The van der Waals surface area contributed by atoms with E-state index < -0.39 is 5.60 Å². The van der Waals surface area contributed by atoms with E-state index in [-0.39, 0.29) is 23.9 Å². The number of ether oxygens (including phenoxy) is 1. The van der Waals surface area contributed by atoms with Gasteiger partial charge in [-0.2, -0.15) is 0 Å². The van der Waals surface area contributed by atoms with Crippen LogP contribution in [0.3, 0.4) is 0 Å². The quantitative estimate of drug-likeness (QED) is 0.866. The van der Waals surface area contributed by atoms with E-state index in [1.807, 2.05) is 20.8 Å². The van der Waals surface area contributed by atoms with Gasteiger partial charge in [-0.1, -0.05) is 18.2 Å². The standard InChI is InChI=1S/C16H23FN2O2/c1-16(2,3)21-15(20)19-9-11(8-12(18)10-19)13-6-4-5-7-14(13)17/h4-7,11-12H,8-10,18H2,1-3H3/t11-,12+/m0/s1. The second kappa shape index (κ2) is 6.02. The molecule has 1 aromatic carbocycles.